The molecule has 0 amide bonds. The number of nitrogens with zero attached hydrogens (tertiary/aromatic N) is 5. The Morgan fingerprint density at radius 3 is 2.82 bits per heavy atom. The van der Waals surface area contributed by atoms with E-state index in [0.717, 1.165) is 73.5 Å². The number of fused-ring (bicyclic) bond motifs is 2. The van der Waals surface area contributed by atoms with Crippen molar-refractivity contribution in [1.82, 2.24) is 25.1 Å². The third-order valence-electron chi connectivity index (χ3n) is 7.04. The minimum absolute atomic E-state index is 0.269. The van der Waals surface area contributed by atoms with Gasteiger partial charge in [-0.25, -0.2) is 14.6 Å². The maximum Gasteiger partial charge on any atom is 0.164 e. The molecule has 0 radical (unpaired) electrons. The van der Waals surface area contributed by atoms with Crippen molar-refractivity contribution in [3.8, 4) is 17.0 Å². The maximum atomic E-state index is 6.31. The first-order valence-electron chi connectivity index (χ1n) is 11.9. The summed E-state index contributed by atoms with van der Waals surface area (Å²) in [6.45, 7) is 3.79. The number of piperidine rings is 1. The van der Waals surface area contributed by atoms with E-state index in [2.05, 4.69) is 56.6 Å². The molecule has 1 fully saturated rings. The fourth-order valence-corrected chi connectivity index (χ4v) is 5.31. The molecule has 174 valence electrons. The minimum atomic E-state index is 0.269. The molecule has 1 saturated heterocycles. The van der Waals surface area contributed by atoms with Gasteiger partial charge in [-0.15, -0.1) is 0 Å². The summed E-state index contributed by atoms with van der Waals surface area (Å²) in [5.74, 6) is 1.45. The Morgan fingerprint density at radius 2 is 2.03 bits per heavy atom. The Hall–Kier alpha value is -3.65. The monoisotopic (exact) mass is 455 g/mol. The fourth-order valence-electron chi connectivity index (χ4n) is 5.31. The summed E-state index contributed by atoms with van der Waals surface area (Å²) in [5.41, 5.74) is 12.8. The van der Waals surface area contributed by atoms with Gasteiger partial charge in [0.2, 0.25) is 0 Å². The van der Waals surface area contributed by atoms with Gasteiger partial charge in [-0.2, -0.15) is 5.10 Å². The van der Waals surface area contributed by atoms with Crippen molar-refractivity contribution in [1.29, 1.82) is 0 Å². The summed E-state index contributed by atoms with van der Waals surface area (Å²) >= 11 is 0. The average Bonchev–Trinajstić information content (AvgIpc) is 3.48. The highest BCUT2D eigenvalue weighted by Crippen LogP contribution is 2.36. The first-order valence-corrected chi connectivity index (χ1v) is 11.9. The molecule has 4 aromatic rings. The molecule has 3 N–H and O–H groups in total. The van der Waals surface area contributed by atoms with Gasteiger partial charge in [0.1, 0.15) is 23.6 Å². The summed E-state index contributed by atoms with van der Waals surface area (Å²) in [6, 6.07) is 15.2. The first-order chi connectivity index (χ1) is 16.7. The van der Waals surface area contributed by atoms with Gasteiger partial charge >= 0.3 is 0 Å². The molecule has 2 aliphatic rings. The van der Waals surface area contributed by atoms with Crippen molar-refractivity contribution in [3.63, 3.8) is 0 Å². The van der Waals surface area contributed by atoms with Crippen molar-refractivity contribution in [2.45, 2.75) is 31.8 Å². The quantitative estimate of drug-likeness (QED) is 0.475. The zero-order valence-electron chi connectivity index (χ0n) is 19.4. The average molecular weight is 456 g/mol. The number of aromatic nitrogens is 4. The molecule has 0 unspecified atom stereocenters. The van der Waals surface area contributed by atoms with Crippen molar-refractivity contribution < 1.29 is 4.74 Å². The van der Waals surface area contributed by atoms with Crippen LogP contribution in [0.4, 0.5) is 11.5 Å². The van der Waals surface area contributed by atoms with Gasteiger partial charge in [0, 0.05) is 36.4 Å². The second kappa shape index (κ2) is 8.61. The Morgan fingerprint density at radius 1 is 1.15 bits per heavy atom. The van der Waals surface area contributed by atoms with Gasteiger partial charge in [-0.3, -0.25) is 0 Å². The number of nitrogen functional groups attached to an aromatic ring is 1. The third-order valence-corrected chi connectivity index (χ3v) is 7.04. The highest BCUT2D eigenvalue weighted by Gasteiger charge is 2.24. The van der Waals surface area contributed by atoms with Gasteiger partial charge < -0.3 is 20.7 Å². The minimum Gasteiger partial charge on any atom is -0.496 e. The predicted molar refractivity (Wildman–Crippen MR) is 134 cm³/mol. The van der Waals surface area contributed by atoms with Crippen molar-refractivity contribution in [3.05, 3.63) is 59.9 Å². The molecule has 8 heteroatoms. The molecule has 2 aromatic heterocycles. The molecule has 8 nitrogen and oxygen atoms in total. The zero-order valence-corrected chi connectivity index (χ0v) is 19.4. The standard InChI is InChI=1S/C26H29N7O/c1-34-22-6-2-5-21-20(22)11-13-32(21)15-17-7-9-18(10-8-17)24-23-25(27)29-16-30-26(23)33(31-24)19-4-3-12-28-14-19/h2,5-10,16,19,28H,3-4,11-15H2,1H3,(H2,27,29,30)/t19-/m1/s1. The summed E-state index contributed by atoms with van der Waals surface area (Å²) < 4.78 is 7.59. The lowest BCUT2D eigenvalue weighted by atomic mass is 10.1. The SMILES string of the molecule is COc1cccc2c1CCN2Cc1ccc(-c2nn([C@@H]3CCCNC3)c3ncnc(N)c23)cc1. The number of hydrogen-bond donors (Lipinski definition) is 2. The van der Waals surface area contributed by atoms with Crippen LogP contribution >= 0.6 is 0 Å². The number of benzene rings is 2. The van der Waals surface area contributed by atoms with Gasteiger partial charge in [-0.1, -0.05) is 30.3 Å². The van der Waals surface area contributed by atoms with Crippen LogP contribution in [0.5, 0.6) is 5.75 Å². The number of hydrogen-bond acceptors (Lipinski definition) is 7. The van der Waals surface area contributed by atoms with E-state index in [1.165, 1.54) is 23.1 Å². The van der Waals surface area contributed by atoms with Crippen molar-refractivity contribution >= 4 is 22.5 Å². The molecule has 0 aliphatic carbocycles. The summed E-state index contributed by atoms with van der Waals surface area (Å²) in [7, 11) is 1.74. The second-order valence-electron chi connectivity index (χ2n) is 9.08. The van der Waals surface area contributed by atoms with Crippen LogP contribution < -0.4 is 20.7 Å². The molecule has 0 bridgehead atoms. The molecular formula is C26H29N7O. The van der Waals surface area contributed by atoms with E-state index in [1.54, 1.807) is 7.11 Å². The van der Waals surface area contributed by atoms with Gasteiger partial charge in [0.15, 0.2) is 5.65 Å². The molecule has 0 spiro atoms. The van der Waals surface area contributed by atoms with E-state index < -0.39 is 0 Å². The van der Waals surface area contributed by atoms with E-state index in [9.17, 15) is 0 Å². The lowest BCUT2D eigenvalue weighted by Crippen LogP contribution is -2.32. The topological polar surface area (TPSA) is 94.1 Å². The third kappa shape index (κ3) is 3.54. The fraction of sp³-hybridized carbons (Fsp3) is 0.346. The highest BCUT2D eigenvalue weighted by atomic mass is 16.5. The Kier molecular flexibility index (Phi) is 5.30. The van der Waals surface area contributed by atoms with Crippen LogP contribution in [0.15, 0.2) is 48.8 Å². The van der Waals surface area contributed by atoms with Crippen LogP contribution in [0.2, 0.25) is 0 Å². The second-order valence-corrected chi connectivity index (χ2v) is 9.08. The van der Waals surface area contributed by atoms with Crippen molar-refractivity contribution in [2.24, 2.45) is 0 Å². The molecule has 6 rings (SSSR count). The molecule has 4 heterocycles. The van der Waals surface area contributed by atoms with Crippen LogP contribution in [-0.2, 0) is 13.0 Å². The molecular weight excluding hydrogens is 426 g/mol. The first kappa shape index (κ1) is 20.9. The molecule has 1 atom stereocenters. The lowest BCUT2D eigenvalue weighted by molar-refractivity contribution is 0.354. The largest absolute Gasteiger partial charge is 0.496 e. The number of ether oxygens (including phenoxy) is 1. The van der Waals surface area contributed by atoms with Gasteiger partial charge in [-0.05, 0) is 43.5 Å². The Bertz CT molecular complexity index is 1330. The number of nitrogens with one attached hydrogen (secondary N) is 1. The predicted octanol–water partition coefficient (Wildman–Crippen LogP) is 3.57. The number of rotatable bonds is 5. The lowest BCUT2D eigenvalue weighted by Gasteiger charge is -2.23. The smallest absolute Gasteiger partial charge is 0.164 e. The summed E-state index contributed by atoms with van der Waals surface area (Å²) in [4.78, 5) is 11.2. The van der Waals surface area contributed by atoms with E-state index in [0.29, 0.717) is 5.82 Å². The normalized spacial score (nSPS) is 17.8. The van der Waals surface area contributed by atoms with Gasteiger partial charge in [0.05, 0.1) is 18.5 Å². The van der Waals surface area contributed by atoms with Crippen LogP contribution in [0.25, 0.3) is 22.3 Å². The number of nitrogens with two attached hydrogens (primary N) is 1. The van der Waals surface area contributed by atoms with Gasteiger partial charge in [0.25, 0.3) is 0 Å². The summed E-state index contributed by atoms with van der Waals surface area (Å²) in [6.07, 6.45) is 4.74. The molecule has 0 saturated carbocycles. The molecule has 2 aromatic carbocycles. The summed E-state index contributed by atoms with van der Waals surface area (Å²) in [5, 5.41) is 9.30. The van der Waals surface area contributed by atoms with E-state index in [4.69, 9.17) is 15.6 Å². The van der Waals surface area contributed by atoms with Crippen molar-refractivity contribution in [2.75, 3.05) is 37.4 Å². The zero-order chi connectivity index (χ0) is 23.1. The Balaban J connectivity index is 1.30. The molecule has 2 aliphatic heterocycles. The number of anilines is 2. The van der Waals surface area contributed by atoms with E-state index in [1.807, 2.05) is 10.7 Å². The maximum absolute atomic E-state index is 6.31. The van der Waals surface area contributed by atoms with Crippen LogP contribution in [0.3, 0.4) is 0 Å². The molecule has 34 heavy (non-hydrogen) atoms. The highest BCUT2D eigenvalue weighted by molar-refractivity contribution is 5.98. The van der Waals surface area contributed by atoms with E-state index >= 15 is 0 Å². The van der Waals surface area contributed by atoms with Crippen LogP contribution in [-0.4, -0.2) is 46.5 Å². The van der Waals surface area contributed by atoms with Crippen LogP contribution in [0.1, 0.15) is 30.0 Å². The number of methoxy groups -OCH3 is 1. The Labute approximate surface area is 198 Å². The van der Waals surface area contributed by atoms with E-state index in [-0.39, 0.29) is 6.04 Å². The van der Waals surface area contributed by atoms with Crippen LogP contribution in [0, 0.1) is 0 Å².